The second-order valence-corrected chi connectivity index (χ2v) is 12.2. The lowest BCUT2D eigenvalue weighted by Gasteiger charge is -2.75. The minimum atomic E-state index is -2.73. The van der Waals surface area contributed by atoms with Crippen molar-refractivity contribution in [1.29, 1.82) is 0 Å². The van der Waals surface area contributed by atoms with Gasteiger partial charge in [-0.25, -0.2) is 10.2 Å². The van der Waals surface area contributed by atoms with Crippen molar-refractivity contribution in [3.63, 3.8) is 0 Å². The second kappa shape index (κ2) is 6.64. The van der Waals surface area contributed by atoms with Gasteiger partial charge in [0.05, 0.1) is 5.41 Å². The fourth-order valence-electron chi connectivity index (χ4n) is 8.79. The maximum atomic E-state index is 13.3. The van der Waals surface area contributed by atoms with Crippen molar-refractivity contribution in [2.24, 2.45) is 22.6 Å². The molecule has 5 fully saturated rings. The maximum Gasteiger partial charge on any atom is 0.355 e. The number of esters is 1. The average molecular weight is 522 g/mol. The summed E-state index contributed by atoms with van der Waals surface area (Å²) in [5, 5.41) is 61.7. The van der Waals surface area contributed by atoms with Crippen LogP contribution in [0.2, 0.25) is 0 Å². The molecule has 4 saturated heterocycles. The summed E-state index contributed by atoms with van der Waals surface area (Å²) in [7, 11) is 0. The number of carbonyl (C=O) groups is 1. The molecule has 37 heavy (non-hydrogen) atoms. The highest BCUT2D eigenvalue weighted by molar-refractivity contribution is 5.87. The first kappa shape index (κ1) is 25.4. The van der Waals surface area contributed by atoms with Crippen molar-refractivity contribution in [3.8, 4) is 0 Å². The van der Waals surface area contributed by atoms with E-state index in [2.05, 4.69) is 17.0 Å². The minimum absolute atomic E-state index is 0.0436. The van der Waals surface area contributed by atoms with Gasteiger partial charge >= 0.3 is 5.97 Å². The van der Waals surface area contributed by atoms with Crippen LogP contribution < -0.4 is 11.3 Å². The van der Waals surface area contributed by atoms with E-state index in [4.69, 9.17) is 20.1 Å². The van der Waals surface area contributed by atoms with Crippen LogP contribution in [-0.4, -0.2) is 82.8 Å². The van der Waals surface area contributed by atoms with Gasteiger partial charge in [0.1, 0.15) is 28.4 Å². The summed E-state index contributed by atoms with van der Waals surface area (Å²) < 4.78 is 18.6. The topological polar surface area (TPSA) is 200 Å². The van der Waals surface area contributed by atoms with Gasteiger partial charge in [-0.1, -0.05) is 27.4 Å². The van der Waals surface area contributed by atoms with Crippen molar-refractivity contribution < 1.29 is 44.5 Å². The predicted octanol–water partition coefficient (Wildman–Crippen LogP) is -0.865. The Morgan fingerprint density at radius 3 is 2.51 bits per heavy atom. The third-order valence-corrected chi connectivity index (χ3v) is 10.8. The van der Waals surface area contributed by atoms with Gasteiger partial charge in [0.15, 0.2) is 23.2 Å². The van der Waals surface area contributed by atoms with Gasteiger partial charge in [-0.3, -0.25) is 5.84 Å². The number of carbonyl (C=O) groups excluding carboxylic acids is 1. The number of aromatic amines is 1. The average Bonchev–Trinajstić information content (AvgIpc) is 3.40. The van der Waals surface area contributed by atoms with Gasteiger partial charge in [-0.15, -0.1) is 0 Å². The van der Waals surface area contributed by atoms with Crippen LogP contribution in [0.15, 0.2) is 30.5 Å². The maximum absolute atomic E-state index is 13.3. The Kier molecular flexibility index (Phi) is 4.56. The van der Waals surface area contributed by atoms with E-state index in [0.717, 1.165) is 0 Å². The Labute approximate surface area is 213 Å². The molecule has 5 heterocycles. The Hall–Kier alpha value is -1.87. The molecule has 5 bridgehead atoms. The van der Waals surface area contributed by atoms with E-state index in [0.29, 0.717) is 0 Å². The smallest absolute Gasteiger partial charge is 0.355 e. The van der Waals surface area contributed by atoms with Crippen LogP contribution in [0.25, 0.3) is 0 Å². The molecule has 10 atom stereocenters. The van der Waals surface area contributed by atoms with Crippen LogP contribution in [0.3, 0.4) is 0 Å². The van der Waals surface area contributed by atoms with Crippen molar-refractivity contribution in [3.05, 3.63) is 36.2 Å². The zero-order valence-corrected chi connectivity index (χ0v) is 21.2. The lowest BCUT2D eigenvalue weighted by atomic mass is 9.43. The Morgan fingerprint density at radius 2 is 1.95 bits per heavy atom. The number of hydrogen-bond acceptors (Lipinski definition) is 11. The molecule has 1 aliphatic carbocycles. The lowest BCUT2D eigenvalue weighted by Crippen LogP contribution is -2.97. The van der Waals surface area contributed by atoms with Crippen molar-refractivity contribution in [2.45, 2.75) is 93.3 Å². The van der Waals surface area contributed by atoms with Crippen LogP contribution in [0, 0.1) is 16.7 Å². The van der Waals surface area contributed by atoms with Gasteiger partial charge in [0.2, 0.25) is 5.79 Å². The number of aliphatic hydroxyl groups is 5. The molecule has 5 aliphatic rings. The van der Waals surface area contributed by atoms with Crippen LogP contribution in [-0.2, 0) is 14.2 Å². The number of fused-ring (bicyclic) bond motifs is 4. The van der Waals surface area contributed by atoms with Crippen molar-refractivity contribution in [2.75, 3.05) is 0 Å². The highest BCUT2D eigenvalue weighted by Crippen LogP contribution is 2.84. The van der Waals surface area contributed by atoms with E-state index in [9.17, 15) is 30.3 Å². The molecule has 6 rings (SSSR count). The molecule has 0 radical (unpaired) electrons. The van der Waals surface area contributed by atoms with E-state index in [1.54, 1.807) is 26.8 Å². The number of nitrogens with one attached hydrogen (secondary N) is 2. The normalized spacial score (nSPS) is 55.6. The number of H-pyrrole nitrogens is 1. The third kappa shape index (κ3) is 2.05. The molecular weight excluding hydrogens is 486 g/mol. The monoisotopic (exact) mass is 521 g/mol. The molecule has 4 aliphatic heterocycles. The van der Waals surface area contributed by atoms with E-state index >= 15 is 0 Å². The van der Waals surface area contributed by atoms with Gasteiger partial charge in [-0.2, -0.15) is 0 Å². The molecule has 1 aromatic rings. The van der Waals surface area contributed by atoms with Gasteiger partial charge in [0, 0.05) is 12.6 Å². The first-order valence-electron chi connectivity index (χ1n) is 12.5. The van der Waals surface area contributed by atoms with E-state index in [1.807, 2.05) is 0 Å². The fourth-order valence-corrected chi connectivity index (χ4v) is 8.79. The standard InChI is InChI=1S/C25H35N3O9/c1-12(2)22(33)17(35-16(30)14-7-6-10-27-14)24(28-26)18(4)11-21(32)19(22,5)25(34,37-24)23(36-21)15(29)13(3)8-9-20(18,23)31/h6-7,10,12,15,17,27-29,31-34H,3,8-9,11,26H2,1-2,4-5H3/t15-,17-,18+,19+,20+,21+,22-,23-,24+,25-/m1/s1. The quantitative estimate of drug-likeness (QED) is 0.106. The number of hydrogen-bond donors (Lipinski definition) is 8. The first-order valence-corrected chi connectivity index (χ1v) is 12.5. The summed E-state index contributed by atoms with van der Waals surface area (Å²) in [6.07, 6.45) is -2.07. The summed E-state index contributed by atoms with van der Waals surface area (Å²) in [5.41, 5.74) is -9.82. The number of aliphatic hydroxyl groups excluding tert-OH is 1. The summed E-state index contributed by atoms with van der Waals surface area (Å²) in [6.45, 7) is 10.1. The van der Waals surface area contributed by atoms with E-state index < -0.39 is 69.0 Å². The Morgan fingerprint density at radius 1 is 1.27 bits per heavy atom. The molecule has 12 heteroatoms. The second-order valence-electron chi connectivity index (χ2n) is 12.2. The molecular formula is C25H35N3O9. The molecule has 0 unspecified atom stereocenters. The van der Waals surface area contributed by atoms with Crippen molar-refractivity contribution >= 4 is 5.97 Å². The lowest BCUT2D eigenvalue weighted by molar-refractivity contribution is -0.521. The van der Waals surface area contributed by atoms with Crippen LogP contribution in [0.1, 0.15) is 57.4 Å². The summed E-state index contributed by atoms with van der Waals surface area (Å²) >= 11 is 0. The molecule has 9 N–H and O–H groups in total. The highest BCUT2D eigenvalue weighted by atomic mass is 16.8. The summed E-state index contributed by atoms with van der Waals surface area (Å²) in [5.74, 6) is -0.599. The molecule has 0 amide bonds. The van der Waals surface area contributed by atoms with E-state index in [1.165, 1.54) is 19.2 Å². The molecule has 1 aromatic heterocycles. The first-order chi connectivity index (χ1) is 17.0. The van der Waals surface area contributed by atoms with Gasteiger partial charge in [-0.05, 0) is 43.4 Å². The number of ether oxygens (including phenoxy) is 3. The van der Waals surface area contributed by atoms with Crippen LogP contribution in [0.5, 0.6) is 0 Å². The molecule has 12 nitrogen and oxygen atoms in total. The Bertz CT molecular complexity index is 1210. The number of nitrogens with two attached hydrogens (primary N) is 1. The highest BCUT2D eigenvalue weighted by Gasteiger charge is 3.04. The zero-order chi connectivity index (χ0) is 27.2. The third-order valence-electron chi connectivity index (χ3n) is 10.8. The number of aromatic nitrogens is 1. The summed E-state index contributed by atoms with van der Waals surface area (Å²) in [6, 6.07) is 3.08. The van der Waals surface area contributed by atoms with Crippen molar-refractivity contribution in [1.82, 2.24) is 10.4 Å². The molecule has 1 spiro atoms. The predicted molar refractivity (Wildman–Crippen MR) is 125 cm³/mol. The van der Waals surface area contributed by atoms with Crippen LogP contribution in [0.4, 0.5) is 0 Å². The summed E-state index contributed by atoms with van der Waals surface area (Å²) in [4.78, 5) is 16.1. The molecule has 1 saturated carbocycles. The van der Waals surface area contributed by atoms with E-state index in [-0.39, 0.29) is 30.5 Å². The fraction of sp³-hybridized carbons (Fsp3) is 0.720. The Balaban J connectivity index is 1.71. The minimum Gasteiger partial charge on any atom is -0.450 e. The van der Waals surface area contributed by atoms with Crippen LogP contribution >= 0.6 is 0 Å². The SMILES string of the molecule is C=C1CC[C@]2(O)[C@]3(C)C[C@]4(O)O[C@@]2([C@@H]1O)[C@]1(O)O[C@@]3(NN)[C@H](OC(=O)c2ccc[nH]2)[C@](O)(C(C)C)[C@@]14C. The molecule has 0 aromatic carbocycles. The van der Waals surface area contributed by atoms with Gasteiger partial charge in [0.25, 0.3) is 0 Å². The molecule has 204 valence electrons. The zero-order valence-electron chi connectivity index (χ0n) is 21.2. The van der Waals surface area contributed by atoms with Gasteiger partial charge < -0.3 is 44.7 Å². The number of rotatable bonds is 4. The number of hydrazine groups is 1. The largest absolute Gasteiger partial charge is 0.450 e.